The molecule has 6 heteroatoms. The minimum Gasteiger partial charge on any atom is -0.337 e. The Bertz CT molecular complexity index is 554. The van der Waals surface area contributed by atoms with E-state index >= 15 is 0 Å². The van der Waals surface area contributed by atoms with Crippen LogP contribution in [0.3, 0.4) is 0 Å². The fourth-order valence-corrected chi connectivity index (χ4v) is 2.86. The SMILES string of the molecule is CNCC1CCCN(Cc2nc(-c3ccccn3)no2)C1. The van der Waals surface area contributed by atoms with Crippen LogP contribution in [0, 0.1) is 5.92 Å². The summed E-state index contributed by atoms with van der Waals surface area (Å²) in [5.41, 5.74) is 0.749. The van der Waals surface area contributed by atoms with E-state index in [1.165, 1.54) is 12.8 Å². The summed E-state index contributed by atoms with van der Waals surface area (Å²) in [6.45, 7) is 3.98. The van der Waals surface area contributed by atoms with Gasteiger partial charge in [-0.25, -0.2) is 0 Å². The number of nitrogens with one attached hydrogen (secondary N) is 1. The lowest BCUT2D eigenvalue weighted by Gasteiger charge is -2.31. The predicted octanol–water partition coefficient (Wildman–Crippen LogP) is 1.56. The van der Waals surface area contributed by atoms with E-state index in [0.717, 1.165) is 31.9 Å². The van der Waals surface area contributed by atoms with Crippen molar-refractivity contribution in [3.05, 3.63) is 30.3 Å². The molecule has 2 aromatic rings. The van der Waals surface area contributed by atoms with Crippen LogP contribution in [0.15, 0.2) is 28.9 Å². The highest BCUT2D eigenvalue weighted by Gasteiger charge is 2.21. The first kappa shape index (κ1) is 14.2. The van der Waals surface area contributed by atoms with Gasteiger partial charge in [-0.1, -0.05) is 11.2 Å². The van der Waals surface area contributed by atoms with E-state index in [4.69, 9.17) is 4.52 Å². The van der Waals surface area contributed by atoms with Gasteiger partial charge < -0.3 is 9.84 Å². The van der Waals surface area contributed by atoms with Crippen molar-refractivity contribution < 1.29 is 4.52 Å². The van der Waals surface area contributed by atoms with Gasteiger partial charge in [0, 0.05) is 12.7 Å². The molecule has 6 nitrogen and oxygen atoms in total. The van der Waals surface area contributed by atoms with Crippen LogP contribution in [0.5, 0.6) is 0 Å². The molecule has 1 unspecified atom stereocenters. The maximum absolute atomic E-state index is 5.36. The summed E-state index contributed by atoms with van der Waals surface area (Å²) < 4.78 is 5.36. The van der Waals surface area contributed by atoms with Crippen molar-refractivity contribution in [1.82, 2.24) is 25.3 Å². The zero-order chi connectivity index (χ0) is 14.5. The highest BCUT2D eigenvalue weighted by Crippen LogP contribution is 2.18. The molecule has 1 aliphatic heterocycles. The Morgan fingerprint density at radius 1 is 1.43 bits per heavy atom. The van der Waals surface area contributed by atoms with Crippen molar-refractivity contribution in [2.45, 2.75) is 19.4 Å². The molecule has 112 valence electrons. The van der Waals surface area contributed by atoms with Crippen LogP contribution < -0.4 is 5.32 Å². The summed E-state index contributed by atoms with van der Waals surface area (Å²) in [7, 11) is 2.01. The Labute approximate surface area is 124 Å². The maximum atomic E-state index is 5.36. The smallest absolute Gasteiger partial charge is 0.241 e. The second-order valence-corrected chi connectivity index (χ2v) is 5.53. The molecule has 0 aliphatic carbocycles. The fourth-order valence-electron chi connectivity index (χ4n) is 2.86. The molecule has 0 saturated carbocycles. The molecule has 1 atom stereocenters. The van der Waals surface area contributed by atoms with Gasteiger partial charge in [-0.3, -0.25) is 9.88 Å². The summed E-state index contributed by atoms with van der Waals surface area (Å²) in [6, 6.07) is 5.68. The van der Waals surface area contributed by atoms with Crippen LogP contribution in [0.2, 0.25) is 0 Å². The molecule has 1 saturated heterocycles. The molecule has 3 heterocycles. The molecule has 21 heavy (non-hydrogen) atoms. The fraction of sp³-hybridized carbons (Fsp3) is 0.533. The van der Waals surface area contributed by atoms with Crippen molar-refractivity contribution in [2.24, 2.45) is 5.92 Å². The second-order valence-electron chi connectivity index (χ2n) is 5.53. The molecule has 2 aromatic heterocycles. The van der Waals surface area contributed by atoms with Gasteiger partial charge in [0.2, 0.25) is 11.7 Å². The van der Waals surface area contributed by atoms with Crippen LogP contribution >= 0.6 is 0 Å². The monoisotopic (exact) mass is 287 g/mol. The van der Waals surface area contributed by atoms with Crippen molar-refractivity contribution in [3.63, 3.8) is 0 Å². The summed E-state index contributed by atoms with van der Waals surface area (Å²) in [5.74, 6) is 1.94. The molecule has 1 aliphatic rings. The number of nitrogens with zero attached hydrogens (tertiary/aromatic N) is 4. The molecular weight excluding hydrogens is 266 g/mol. The minimum atomic E-state index is 0.564. The van der Waals surface area contributed by atoms with Crippen molar-refractivity contribution in [2.75, 3.05) is 26.7 Å². The zero-order valence-corrected chi connectivity index (χ0v) is 12.3. The van der Waals surface area contributed by atoms with Crippen LogP contribution in [-0.2, 0) is 6.54 Å². The summed E-state index contributed by atoms with van der Waals surface area (Å²) in [6.07, 6.45) is 4.26. The number of likely N-dealkylation sites (tertiary alicyclic amines) is 1. The molecule has 0 aromatic carbocycles. The third-order valence-electron chi connectivity index (χ3n) is 3.82. The quantitative estimate of drug-likeness (QED) is 0.900. The van der Waals surface area contributed by atoms with Gasteiger partial charge in [0.1, 0.15) is 5.69 Å². The molecule has 3 rings (SSSR count). The van der Waals surface area contributed by atoms with Crippen molar-refractivity contribution >= 4 is 0 Å². The van der Waals surface area contributed by atoms with Gasteiger partial charge in [-0.15, -0.1) is 0 Å². The molecular formula is C15H21N5O. The molecule has 1 fully saturated rings. The number of rotatable bonds is 5. The lowest BCUT2D eigenvalue weighted by atomic mass is 9.98. The van der Waals surface area contributed by atoms with Gasteiger partial charge in [0.05, 0.1) is 6.54 Å². The Balaban J connectivity index is 1.62. The number of hydrogen-bond acceptors (Lipinski definition) is 6. The molecule has 1 N–H and O–H groups in total. The first-order chi connectivity index (χ1) is 10.3. The molecule has 0 bridgehead atoms. The first-order valence-corrected chi connectivity index (χ1v) is 7.46. The third-order valence-corrected chi connectivity index (χ3v) is 3.82. The lowest BCUT2D eigenvalue weighted by molar-refractivity contribution is 0.149. The van der Waals surface area contributed by atoms with E-state index in [1.54, 1.807) is 6.20 Å². The zero-order valence-electron chi connectivity index (χ0n) is 12.3. The van der Waals surface area contributed by atoms with Gasteiger partial charge in [-0.05, 0) is 51.0 Å². The third kappa shape index (κ3) is 3.65. The standard InChI is InChI=1S/C15H21N5O/c1-16-9-12-5-4-8-20(10-12)11-14-18-15(19-21-14)13-6-2-3-7-17-13/h2-3,6-7,12,16H,4-5,8-11H2,1H3. The predicted molar refractivity (Wildman–Crippen MR) is 79.5 cm³/mol. The molecule has 0 radical (unpaired) electrons. The topological polar surface area (TPSA) is 67.1 Å². The molecule has 0 amide bonds. The molecule has 0 spiro atoms. The Morgan fingerprint density at radius 3 is 3.19 bits per heavy atom. The van der Waals surface area contributed by atoms with Gasteiger partial charge in [-0.2, -0.15) is 4.98 Å². The Morgan fingerprint density at radius 2 is 2.38 bits per heavy atom. The van der Waals surface area contributed by atoms with Crippen molar-refractivity contribution in [1.29, 1.82) is 0 Å². The number of piperidine rings is 1. The number of pyridine rings is 1. The summed E-state index contributed by atoms with van der Waals surface area (Å²) >= 11 is 0. The van der Waals surface area contributed by atoms with Crippen LogP contribution in [0.25, 0.3) is 11.5 Å². The summed E-state index contributed by atoms with van der Waals surface area (Å²) in [5, 5.41) is 7.28. The highest BCUT2D eigenvalue weighted by atomic mass is 16.5. The van der Waals surface area contributed by atoms with E-state index in [1.807, 2.05) is 25.2 Å². The Kier molecular flexibility index (Phi) is 4.57. The minimum absolute atomic E-state index is 0.564. The van der Waals surface area contributed by atoms with E-state index in [-0.39, 0.29) is 0 Å². The average Bonchev–Trinajstić information content (AvgIpc) is 2.97. The van der Waals surface area contributed by atoms with Crippen molar-refractivity contribution in [3.8, 4) is 11.5 Å². The number of hydrogen-bond donors (Lipinski definition) is 1. The van der Waals surface area contributed by atoms with Crippen LogP contribution in [0.4, 0.5) is 0 Å². The highest BCUT2D eigenvalue weighted by molar-refractivity contribution is 5.46. The first-order valence-electron chi connectivity index (χ1n) is 7.46. The van der Waals surface area contributed by atoms with E-state index in [9.17, 15) is 0 Å². The number of aromatic nitrogens is 3. The van der Waals surface area contributed by atoms with E-state index in [0.29, 0.717) is 17.6 Å². The van der Waals surface area contributed by atoms with Gasteiger partial charge in [0.25, 0.3) is 0 Å². The average molecular weight is 287 g/mol. The maximum Gasteiger partial charge on any atom is 0.241 e. The van der Waals surface area contributed by atoms with Gasteiger partial charge in [0.15, 0.2) is 0 Å². The van der Waals surface area contributed by atoms with E-state index < -0.39 is 0 Å². The Hall–Kier alpha value is -1.79. The van der Waals surface area contributed by atoms with Crippen LogP contribution in [0.1, 0.15) is 18.7 Å². The van der Waals surface area contributed by atoms with Gasteiger partial charge >= 0.3 is 0 Å². The van der Waals surface area contributed by atoms with Crippen LogP contribution in [-0.4, -0.2) is 46.7 Å². The lowest BCUT2D eigenvalue weighted by Crippen LogP contribution is -2.38. The summed E-state index contributed by atoms with van der Waals surface area (Å²) in [4.78, 5) is 11.1. The van der Waals surface area contributed by atoms with E-state index in [2.05, 4.69) is 25.3 Å². The second kappa shape index (κ2) is 6.78. The largest absolute Gasteiger partial charge is 0.337 e. The normalized spacial score (nSPS) is 19.8.